The van der Waals surface area contributed by atoms with Gasteiger partial charge in [0, 0.05) is 17.3 Å². The van der Waals surface area contributed by atoms with E-state index in [-0.39, 0.29) is 23.8 Å². The molecule has 2 fully saturated rings. The molecule has 0 unspecified atom stereocenters. The van der Waals surface area contributed by atoms with Gasteiger partial charge >= 0.3 is 0 Å². The molecular weight excluding hydrogens is 430 g/mol. The Bertz CT molecular complexity index is 1310. The van der Waals surface area contributed by atoms with E-state index >= 15 is 0 Å². The Labute approximate surface area is 196 Å². The van der Waals surface area contributed by atoms with Gasteiger partial charge in [0.2, 0.25) is 17.7 Å². The SMILES string of the molecule is COc1ccc(N2C(=O)[C@@H]3[C@H](Cc4ccccc4)N[C@]4(C(=O)Nc5ccccc54)[C@@H]3C2=O)cc1. The first-order valence-corrected chi connectivity index (χ1v) is 11.3. The van der Waals surface area contributed by atoms with Crippen molar-refractivity contribution in [3.05, 3.63) is 90.0 Å². The van der Waals surface area contributed by atoms with E-state index in [0.717, 1.165) is 5.56 Å². The Morgan fingerprint density at radius 2 is 1.59 bits per heavy atom. The summed E-state index contributed by atoms with van der Waals surface area (Å²) in [6.07, 6.45) is 0.522. The van der Waals surface area contributed by atoms with Crippen molar-refractivity contribution in [3.8, 4) is 5.75 Å². The van der Waals surface area contributed by atoms with Gasteiger partial charge in [-0.15, -0.1) is 0 Å². The van der Waals surface area contributed by atoms with Crippen LogP contribution in [0.5, 0.6) is 5.75 Å². The van der Waals surface area contributed by atoms with E-state index in [1.165, 1.54) is 4.90 Å². The smallest absolute Gasteiger partial charge is 0.250 e. The maximum atomic E-state index is 13.9. The molecule has 6 rings (SSSR count). The normalized spacial score (nSPS) is 27.1. The predicted molar refractivity (Wildman–Crippen MR) is 126 cm³/mol. The van der Waals surface area contributed by atoms with Gasteiger partial charge in [0.1, 0.15) is 11.3 Å². The van der Waals surface area contributed by atoms with Crippen LogP contribution in [0.15, 0.2) is 78.9 Å². The molecule has 0 bridgehead atoms. The molecule has 3 amide bonds. The van der Waals surface area contributed by atoms with Crippen LogP contribution < -0.4 is 20.3 Å². The molecule has 4 atom stereocenters. The van der Waals surface area contributed by atoms with Crippen molar-refractivity contribution in [1.82, 2.24) is 5.32 Å². The van der Waals surface area contributed by atoms with Gasteiger partial charge < -0.3 is 10.1 Å². The summed E-state index contributed by atoms with van der Waals surface area (Å²) in [5.41, 5.74) is 1.59. The number of para-hydroxylation sites is 1. The van der Waals surface area contributed by atoms with Crippen LogP contribution in [0.2, 0.25) is 0 Å². The third-order valence-corrected chi connectivity index (χ3v) is 7.25. The molecule has 1 spiro atoms. The molecule has 3 aliphatic heterocycles. The number of nitrogens with one attached hydrogen (secondary N) is 2. The second-order valence-electron chi connectivity index (χ2n) is 8.96. The Kier molecular flexibility index (Phi) is 4.57. The number of nitrogens with zero attached hydrogens (tertiary/aromatic N) is 1. The fraction of sp³-hybridized carbons (Fsp3) is 0.222. The van der Waals surface area contributed by atoms with Crippen molar-refractivity contribution in [2.45, 2.75) is 18.0 Å². The van der Waals surface area contributed by atoms with Crippen LogP contribution in [0.3, 0.4) is 0 Å². The molecule has 0 aliphatic carbocycles. The lowest BCUT2D eigenvalue weighted by atomic mass is 9.76. The minimum atomic E-state index is -1.30. The zero-order valence-corrected chi connectivity index (χ0v) is 18.5. The lowest BCUT2D eigenvalue weighted by Gasteiger charge is -2.29. The van der Waals surface area contributed by atoms with Crippen molar-refractivity contribution in [2.24, 2.45) is 11.8 Å². The topological polar surface area (TPSA) is 87.7 Å². The maximum Gasteiger partial charge on any atom is 0.250 e. The Balaban J connectivity index is 1.48. The van der Waals surface area contributed by atoms with Crippen LogP contribution in [-0.2, 0) is 26.3 Å². The maximum absolute atomic E-state index is 13.9. The minimum absolute atomic E-state index is 0.289. The molecule has 7 nitrogen and oxygen atoms in total. The fourth-order valence-electron chi connectivity index (χ4n) is 5.79. The zero-order valence-electron chi connectivity index (χ0n) is 18.5. The van der Waals surface area contributed by atoms with E-state index in [1.807, 2.05) is 54.6 Å². The number of amides is 3. The number of imide groups is 1. The number of carbonyl (C=O) groups is 3. The third kappa shape index (κ3) is 2.77. The molecule has 0 saturated carbocycles. The molecule has 0 radical (unpaired) electrons. The third-order valence-electron chi connectivity index (χ3n) is 7.25. The molecule has 0 aromatic heterocycles. The van der Waals surface area contributed by atoms with Crippen molar-refractivity contribution in [3.63, 3.8) is 0 Å². The van der Waals surface area contributed by atoms with Crippen molar-refractivity contribution in [2.75, 3.05) is 17.3 Å². The monoisotopic (exact) mass is 453 g/mol. The Hall–Kier alpha value is -3.97. The van der Waals surface area contributed by atoms with E-state index in [1.54, 1.807) is 31.4 Å². The summed E-state index contributed by atoms with van der Waals surface area (Å²) in [5.74, 6) is -1.84. The molecule has 3 aliphatic rings. The van der Waals surface area contributed by atoms with Crippen molar-refractivity contribution < 1.29 is 19.1 Å². The highest BCUT2D eigenvalue weighted by Gasteiger charge is 2.70. The predicted octanol–water partition coefficient (Wildman–Crippen LogP) is 2.86. The van der Waals surface area contributed by atoms with Crippen LogP contribution in [0.1, 0.15) is 11.1 Å². The first-order valence-electron chi connectivity index (χ1n) is 11.3. The highest BCUT2D eigenvalue weighted by Crippen LogP contribution is 2.53. The largest absolute Gasteiger partial charge is 0.497 e. The molecular formula is C27H23N3O4. The number of methoxy groups -OCH3 is 1. The summed E-state index contributed by atoms with van der Waals surface area (Å²) < 4.78 is 5.22. The van der Waals surface area contributed by atoms with Gasteiger partial charge in [-0.25, -0.2) is 4.90 Å². The summed E-state index contributed by atoms with van der Waals surface area (Å²) in [6.45, 7) is 0. The van der Waals surface area contributed by atoms with E-state index in [0.29, 0.717) is 29.1 Å². The Morgan fingerprint density at radius 1 is 0.882 bits per heavy atom. The number of carbonyl (C=O) groups excluding carboxylic acids is 3. The van der Waals surface area contributed by atoms with Crippen LogP contribution in [0.4, 0.5) is 11.4 Å². The van der Waals surface area contributed by atoms with Gasteiger partial charge in [-0.2, -0.15) is 0 Å². The molecule has 3 heterocycles. The first kappa shape index (κ1) is 20.6. The molecule has 7 heteroatoms. The molecule has 2 saturated heterocycles. The van der Waals surface area contributed by atoms with Gasteiger partial charge in [-0.05, 0) is 42.3 Å². The lowest BCUT2D eigenvalue weighted by molar-refractivity contribution is -0.130. The van der Waals surface area contributed by atoms with Gasteiger partial charge in [-0.1, -0.05) is 48.5 Å². The van der Waals surface area contributed by atoms with E-state index in [4.69, 9.17) is 4.74 Å². The highest BCUT2D eigenvalue weighted by atomic mass is 16.5. The second kappa shape index (κ2) is 7.53. The fourth-order valence-corrected chi connectivity index (χ4v) is 5.79. The summed E-state index contributed by atoms with van der Waals surface area (Å²) in [7, 11) is 1.56. The number of fused-ring (bicyclic) bond motifs is 4. The minimum Gasteiger partial charge on any atom is -0.497 e. The van der Waals surface area contributed by atoms with E-state index < -0.39 is 17.4 Å². The molecule has 170 valence electrons. The number of benzene rings is 3. The van der Waals surface area contributed by atoms with Crippen molar-refractivity contribution in [1.29, 1.82) is 0 Å². The molecule has 3 aromatic rings. The van der Waals surface area contributed by atoms with E-state index in [2.05, 4.69) is 10.6 Å². The van der Waals surface area contributed by atoms with Crippen LogP contribution in [0.25, 0.3) is 0 Å². The van der Waals surface area contributed by atoms with E-state index in [9.17, 15) is 14.4 Å². The first-order chi connectivity index (χ1) is 16.5. The number of rotatable bonds is 4. The van der Waals surface area contributed by atoms with Crippen LogP contribution in [-0.4, -0.2) is 30.9 Å². The summed E-state index contributed by atoms with van der Waals surface area (Å²) in [5, 5.41) is 6.41. The number of anilines is 2. The van der Waals surface area contributed by atoms with Gasteiger partial charge in [0.15, 0.2) is 0 Å². The van der Waals surface area contributed by atoms with Crippen LogP contribution >= 0.6 is 0 Å². The average Bonchev–Trinajstić information content (AvgIpc) is 3.44. The van der Waals surface area contributed by atoms with Gasteiger partial charge in [0.05, 0.1) is 24.6 Å². The quantitative estimate of drug-likeness (QED) is 0.594. The Morgan fingerprint density at radius 3 is 2.32 bits per heavy atom. The number of hydrogen-bond donors (Lipinski definition) is 2. The molecule has 3 aromatic carbocycles. The lowest BCUT2D eigenvalue weighted by Crippen LogP contribution is -2.53. The van der Waals surface area contributed by atoms with Crippen LogP contribution in [0, 0.1) is 11.8 Å². The molecule has 2 N–H and O–H groups in total. The van der Waals surface area contributed by atoms with Gasteiger partial charge in [-0.3, -0.25) is 19.7 Å². The average molecular weight is 453 g/mol. The number of hydrogen-bond acceptors (Lipinski definition) is 5. The highest BCUT2D eigenvalue weighted by molar-refractivity contribution is 6.25. The second-order valence-corrected chi connectivity index (χ2v) is 8.96. The molecule has 34 heavy (non-hydrogen) atoms. The summed E-state index contributed by atoms with van der Waals surface area (Å²) in [4.78, 5) is 42.5. The zero-order chi connectivity index (χ0) is 23.4. The van der Waals surface area contributed by atoms with Gasteiger partial charge in [0.25, 0.3) is 0 Å². The number of ether oxygens (including phenoxy) is 1. The van der Waals surface area contributed by atoms with Crippen molar-refractivity contribution >= 4 is 29.1 Å². The summed E-state index contributed by atoms with van der Waals surface area (Å²) in [6, 6.07) is 23.6. The standard InChI is InChI=1S/C27H23N3O4/c1-34-18-13-11-17(12-14-18)30-24(31)22-21(15-16-7-3-2-4-8-16)29-27(23(22)25(30)32)19-9-5-6-10-20(19)28-26(27)33/h2-14,21-23,29H,15H2,1H3,(H,28,33)/t21-,22+,23-,27-/m0/s1. The summed E-state index contributed by atoms with van der Waals surface area (Å²) >= 11 is 0.